The minimum absolute atomic E-state index is 0.0283. The van der Waals surface area contributed by atoms with Gasteiger partial charge in [0.1, 0.15) is 41.6 Å². The smallest absolute Gasteiger partial charge is 0.341 e. The summed E-state index contributed by atoms with van der Waals surface area (Å²) >= 11 is 4.04. The molecule has 0 aromatic heterocycles. The van der Waals surface area contributed by atoms with Crippen LogP contribution >= 0.6 is 12.6 Å². The number of amides is 2. The second-order valence-electron chi connectivity index (χ2n) is 10.5. The number of benzene rings is 3. The maximum Gasteiger partial charge on any atom is 0.341 e. The highest BCUT2D eigenvalue weighted by Gasteiger charge is 2.54. The zero-order valence-corrected chi connectivity index (χ0v) is 25.1. The average Bonchev–Trinajstić information content (AvgIpc) is 3.33. The largest absolute Gasteiger partial charge is 0.508 e. The molecule has 1 spiro atoms. The number of phenols is 1. The fourth-order valence-corrected chi connectivity index (χ4v) is 5.56. The Kier molecular flexibility index (Phi) is 9.08. The number of hydrogen-bond donors (Lipinski definition) is 7. The van der Waals surface area contributed by atoms with E-state index in [0.29, 0.717) is 5.56 Å². The molecule has 0 saturated heterocycles. The molecule has 7 N–H and O–H groups in total. The van der Waals surface area contributed by atoms with Gasteiger partial charge in [0.05, 0.1) is 11.1 Å². The van der Waals surface area contributed by atoms with Gasteiger partial charge in [0.2, 0.25) is 11.8 Å². The fourth-order valence-electron chi connectivity index (χ4n) is 5.30. The van der Waals surface area contributed by atoms with Crippen molar-refractivity contribution in [2.45, 2.75) is 30.5 Å². The number of nitrogens with one attached hydrogen (secondary N) is 2. The van der Waals surface area contributed by atoms with Crippen molar-refractivity contribution in [1.29, 1.82) is 0 Å². The summed E-state index contributed by atoms with van der Waals surface area (Å²) < 4.78 is 17.3. The zero-order valence-electron chi connectivity index (χ0n) is 24.2. The standard InChI is InChI=1S/C31H27N3O12S/c32-20(29(41)42)8-9-24(36)34-21(13-47)27(38)33-12-25(37)44-15-5-7-18-23(11-15)45-22-10-14(35)4-6-17(22)31(18)19-3-1-2-16(28(39)40)26(19)30(43)46-31/h1-7,10-11,20-21,35,47H,8-9,12-13,32H2,(H,33,38)(H,34,36)(H,39,40)(H,41,42). The maximum absolute atomic E-state index is 13.2. The van der Waals surface area contributed by atoms with Crippen LogP contribution in [-0.2, 0) is 29.5 Å². The molecule has 0 aliphatic carbocycles. The molecule has 47 heavy (non-hydrogen) atoms. The van der Waals surface area contributed by atoms with Gasteiger partial charge in [-0.1, -0.05) is 12.1 Å². The number of aromatic hydroxyl groups is 1. The second kappa shape index (κ2) is 13.0. The quantitative estimate of drug-likeness (QED) is 0.0869. The number of nitrogens with two attached hydrogens (primary N) is 1. The van der Waals surface area contributed by atoms with Crippen LogP contribution in [0.5, 0.6) is 23.0 Å². The molecule has 2 amide bonds. The SMILES string of the molecule is NC(CCC(=O)NC(CS)C(=O)NCC(=O)Oc1ccc2c(c1)Oc1cc(O)ccc1C21OC(=O)c2c(C(=O)O)cccc21)C(=O)O. The molecular weight excluding hydrogens is 638 g/mol. The third-order valence-corrected chi connectivity index (χ3v) is 7.86. The van der Waals surface area contributed by atoms with Crippen molar-refractivity contribution in [3.05, 3.63) is 82.4 Å². The Morgan fingerprint density at radius 1 is 0.979 bits per heavy atom. The number of aliphatic carboxylic acids is 1. The molecule has 0 radical (unpaired) electrons. The van der Waals surface area contributed by atoms with Gasteiger partial charge >= 0.3 is 23.9 Å². The van der Waals surface area contributed by atoms with Gasteiger partial charge in [-0.3, -0.25) is 14.4 Å². The Morgan fingerprint density at radius 2 is 1.68 bits per heavy atom. The van der Waals surface area contributed by atoms with Gasteiger partial charge in [-0.25, -0.2) is 14.4 Å². The van der Waals surface area contributed by atoms with E-state index in [4.69, 9.17) is 25.1 Å². The van der Waals surface area contributed by atoms with Crippen molar-refractivity contribution >= 4 is 48.3 Å². The number of ether oxygens (including phenoxy) is 3. The lowest BCUT2D eigenvalue weighted by Crippen LogP contribution is -2.49. The first-order chi connectivity index (χ1) is 22.3. The summed E-state index contributed by atoms with van der Waals surface area (Å²) in [7, 11) is 0. The summed E-state index contributed by atoms with van der Waals surface area (Å²) in [4.78, 5) is 73.3. The lowest BCUT2D eigenvalue weighted by Gasteiger charge is -2.36. The van der Waals surface area contributed by atoms with Crippen LogP contribution in [0.25, 0.3) is 0 Å². The summed E-state index contributed by atoms with van der Waals surface area (Å²) in [5, 5.41) is 33.5. The van der Waals surface area contributed by atoms with Crippen LogP contribution in [-0.4, -0.2) is 75.4 Å². The molecule has 15 nitrogen and oxygen atoms in total. The van der Waals surface area contributed by atoms with Gasteiger partial charge in [0, 0.05) is 41.0 Å². The minimum atomic E-state index is -1.66. The Morgan fingerprint density at radius 3 is 2.36 bits per heavy atom. The van der Waals surface area contributed by atoms with E-state index < -0.39 is 59.9 Å². The molecule has 244 valence electrons. The van der Waals surface area contributed by atoms with Gasteiger partial charge < -0.3 is 45.9 Å². The van der Waals surface area contributed by atoms with Crippen LogP contribution in [0, 0.1) is 0 Å². The van der Waals surface area contributed by atoms with Crippen molar-refractivity contribution in [2.24, 2.45) is 5.73 Å². The first kappa shape index (κ1) is 32.8. The van der Waals surface area contributed by atoms with Crippen LogP contribution in [0.1, 0.15) is 50.2 Å². The molecule has 5 rings (SSSR count). The lowest BCUT2D eigenvalue weighted by atomic mass is 9.77. The number of aromatic carboxylic acids is 1. The topological polar surface area (TPSA) is 241 Å². The zero-order chi connectivity index (χ0) is 34.0. The monoisotopic (exact) mass is 665 g/mol. The Labute approximate surface area is 271 Å². The highest BCUT2D eigenvalue weighted by molar-refractivity contribution is 7.80. The summed E-state index contributed by atoms with van der Waals surface area (Å²) in [5.74, 6) is -5.90. The van der Waals surface area contributed by atoms with Crippen molar-refractivity contribution in [3.8, 4) is 23.0 Å². The number of thiol groups is 1. The van der Waals surface area contributed by atoms with E-state index in [1.165, 1.54) is 48.5 Å². The Hall–Kier alpha value is -5.61. The predicted molar refractivity (Wildman–Crippen MR) is 163 cm³/mol. The molecular formula is C31H27N3O12S. The maximum atomic E-state index is 13.2. The number of carbonyl (C=O) groups is 6. The predicted octanol–water partition coefficient (Wildman–Crippen LogP) is 1.29. The molecule has 3 unspecified atom stereocenters. The number of esters is 2. The van der Waals surface area contributed by atoms with Gasteiger partial charge in [0.15, 0.2) is 5.60 Å². The normalized spacial score (nSPS) is 16.8. The van der Waals surface area contributed by atoms with E-state index in [1.54, 1.807) is 6.07 Å². The van der Waals surface area contributed by atoms with Gasteiger partial charge in [-0.15, -0.1) is 0 Å². The summed E-state index contributed by atoms with van der Waals surface area (Å²) in [6, 6.07) is 10.3. The highest BCUT2D eigenvalue weighted by Crippen LogP contribution is 2.57. The number of carboxylic acid groups (broad SMARTS) is 2. The molecule has 3 atom stereocenters. The van der Waals surface area contributed by atoms with Crippen molar-refractivity contribution in [2.75, 3.05) is 12.3 Å². The van der Waals surface area contributed by atoms with Crippen LogP contribution in [0.2, 0.25) is 0 Å². The van der Waals surface area contributed by atoms with Crippen molar-refractivity contribution < 1.29 is 58.3 Å². The van der Waals surface area contributed by atoms with E-state index >= 15 is 0 Å². The highest BCUT2D eigenvalue weighted by atomic mass is 32.1. The van der Waals surface area contributed by atoms with Crippen molar-refractivity contribution in [3.63, 3.8) is 0 Å². The number of fused-ring (bicyclic) bond motifs is 6. The molecule has 2 aliphatic heterocycles. The lowest BCUT2D eigenvalue weighted by molar-refractivity contribution is -0.139. The molecule has 0 fully saturated rings. The molecule has 2 heterocycles. The molecule has 0 saturated carbocycles. The minimum Gasteiger partial charge on any atom is -0.508 e. The van der Waals surface area contributed by atoms with Crippen LogP contribution in [0.4, 0.5) is 0 Å². The van der Waals surface area contributed by atoms with Gasteiger partial charge in [0.25, 0.3) is 0 Å². The summed E-state index contributed by atoms with van der Waals surface area (Å²) in [6.07, 6.45) is -0.393. The van der Waals surface area contributed by atoms with Crippen LogP contribution in [0.3, 0.4) is 0 Å². The molecule has 0 bridgehead atoms. The number of carboxylic acids is 2. The molecule has 2 aliphatic rings. The number of phenolic OH excluding ortho intramolecular Hbond substituents is 1. The first-order valence-corrected chi connectivity index (χ1v) is 14.6. The van der Waals surface area contributed by atoms with Crippen LogP contribution in [0.15, 0.2) is 54.6 Å². The fraction of sp³-hybridized carbons (Fsp3) is 0.226. The average molecular weight is 666 g/mol. The number of carbonyl (C=O) groups excluding carboxylic acids is 4. The summed E-state index contributed by atoms with van der Waals surface area (Å²) in [5.41, 5.74) is 4.17. The van der Waals surface area contributed by atoms with E-state index in [1.807, 2.05) is 0 Å². The van der Waals surface area contributed by atoms with Gasteiger partial charge in [-0.2, -0.15) is 12.6 Å². The third kappa shape index (κ3) is 6.28. The molecule has 3 aromatic rings. The first-order valence-electron chi connectivity index (χ1n) is 14.0. The third-order valence-electron chi connectivity index (χ3n) is 7.49. The van der Waals surface area contributed by atoms with E-state index in [0.717, 1.165) is 0 Å². The second-order valence-corrected chi connectivity index (χ2v) is 10.9. The molecule has 16 heteroatoms. The van der Waals surface area contributed by atoms with E-state index in [-0.39, 0.29) is 63.8 Å². The van der Waals surface area contributed by atoms with E-state index in [2.05, 4.69) is 23.3 Å². The van der Waals surface area contributed by atoms with Crippen LogP contribution < -0.4 is 25.8 Å². The number of rotatable bonds is 11. The Balaban J connectivity index is 1.33. The molecule has 3 aromatic carbocycles. The van der Waals surface area contributed by atoms with E-state index in [9.17, 15) is 39.0 Å². The van der Waals surface area contributed by atoms with Gasteiger partial charge in [-0.05, 0) is 36.8 Å². The number of hydrogen-bond acceptors (Lipinski definition) is 12. The Bertz CT molecular complexity index is 1830. The summed E-state index contributed by atoms with van der Waals surface area (Å²) in [6.45, 7) is -0.607. The van der Waals surface area contributed by atoms with Crippen molar-refractivity contribution in [1.82, 2.24) is 10.6 Å².